The van der Waals surface area contributed by atoms with Gasteiger partial charge in [0.2, 0.25) is 0 Å². The molecular formula is C27H50O5. The van der Waals surface area contributed by atoms with Gasteiger partial charge in [-0.25, -0.2) is 9.59 Å². The Balaban J connectivity index is 3.42. The predicted molar refractivity (Wildman–Crippen MR) is 132 cm³/mol. The summed E-state index contributed by atoms with van der Waals surface area (Å²) < 4.78 is 15.3. The van der Waals surface area contributed by atoms with Gasteiger partial charge in [-0.05, 0) is 25.2 Å². The van der Waals surface area contributed by atoms with E-state index in [1.165, 1.54) is 77.0 Å². The zero-order valence-electron chi connectivity index (χ0n) is 21.2. The van der Waals surface area contributed by atoms with Gasteiger partial charge in [-0.15, -0.1) is 0 Å². The molecule has 0 fully saturated rings. The average Bonchev–Trinajstić information content (AvgIpc) is 2.78. The second-order valence-corrected chi connectivity index (χ2v) is 8.94. The van der Waals surface area contributed by atoms with E-state index >= 15 is 0 Å². The highest BCUT2D eigenvalue weighted by Crippen LogP contribution is 2.13. The van der Waals surface area contributed by atoms with Gasteiger partial charge >= 0.3 is 11.9 Å². The van der Waals surface area contributed by atoms with Crippen molar-refractivity contribution >= 4 is 11.9 Å². The summed E-state index contributed by atoms with van der Waals surface area (Å²) >= 11 is 0. The van der Waals surface area contributed by atoms with Crippen LogP contribution in [-0.4, -0.2) is 38.9 Å². The second kappa shape index (κ2) is 24.3. The van der Waals surface area contributed by atoms with Crippen molar-refractivity contribution in [1.82, 2.24) is 0 Å². The van der Waals surface area contributed by atoms with Gasteiger partial charge in [0.25, 0.3) is 0 Å². The SMILES string of the molecule is CCCCCCCCCCCCCCCCOC(=O)/C=C/C(=O)OCCC(C)CCOC. The number of hydrogen-bond acceptors (Lipinski definition) is 5. The summed E-state index contributed by atoms with van der Waals surface area (Å²) in [5.74, 6) is -0.552. The Kier molecular flexibility index (Phi) is 23.3. The lowest BCUT2D eigenvalue weighted by Crippen LogP contribution is -2.09. The molecular weight excluding hydrogens is 404 g/mol. The maximum Gasteiger partial charge on any atom is 0.331 e. The van der Waals surface area contributed by atoms with Crippen LogP contribution in [0.1, 0.15) is 117 Å². The minimum atomic E-state index is -0.502. The fourth-order valence-electron chi connectivity index (χ4n) is 3.53. The molecule has 0 radical (unpaired) electrons. The highest BCUT2D eigenvalue weighted by atomic mass is 16.5. The third-order valence-corrected chi connectivity index (χ3v) is 5.77. The lowest BCUT2D eigenvalue weighted by molar-refractivity contribution is -0.140. The Morgan fingerprint density at radius 2 is 1.03 bits per heavy atom. The van der Waals surface area contributed by atoms with Crippen LogP contribution in [0.15, 0.2) is 12.2 Å². The van der Waals surface area contributed by atoms with Crippen molar-refractivity contribution in [2.45, 2.75) is 117 Å². The van der Waals surface area contributed by atoms with Crippen molar-refractivity contribution in [3.63, 3.8) is 0 Å². The molecule has 0 saturated heterocycles. The van der Waals surface area contributed by atoms with Crippen LogP contribution in [0.5, 0.6) is 0 Å². The number of esters is 2. The summed E-state index contributed by atoms with van der Waals surface area (Å²) in [6, 6.07) is 0. The fraction of sp³-hybridized carbons (Fsp3) is 0.852. The van der Waals surface area contributed by atoms with Gasteiger partial charge in [-0.1, -0.05) is 97.3 Å². The molecule has 0 aromatic rings. The lowest BCUT2D eigenvalue weighted by Gasteiger charge is -2.10. The van der Waals surface area contributed by atoms with Gasteiger partial charge in [0.1, 0.15) is 0 Å². The molecule has 0 heterocycles. The van der Waals surface area contributed by atoms with Crippen molar-refractivity contribution in [2.24, 2.45) is 5.92 Å². The first-order chi connectivity index (χ1) is 15.6. The van der Waals surface area contributed by atoms with E-state index in [9.17, 15) is 9.59 Å². The Labute approximate surface area is 197 Å². The number of unbranched alkanes of at least 4 members (excludes halogenated alkanes) is 13. The number of carbonyl (C=O) groups excluding carboxylic acids is 2. The summed E-state index contributed by atoms with van der Waals surface area (Å²) in [6.45, 7) is 5.83. The lowest BCUT2D eigenvalue weighted by atomic mass is 10.0. The summed E-state index contributed by atoms with van der Waals surface area (Å²) in [6.07, 6.45) is 22.2. The molecule has 0 aliphatic heterocycles. The second-order valence-electron chi connectivity index (χ2n) is 8.94. The van der Waals surface area contributed by atoms with Crippen LogP contribution in [0.25, 0.3) is 0 Å². The van der Waals surface area contributed by atoms with Gasteiger partial charge in [0.15, 0.2) is 0 Å². The molecule has 0 rings (SSSR count). The van der Waals surface area contributed by atoms with Crippen molar-refractivity contribution < 1.29 is 23.8 Å². The largest absolute Gasteiger partial charge is 0.463 e. The summed E-state index contributed by atoms with van der Waals surface area (Å²) in [5.41, 5.74) is 0. The summed E-state index contributed by atoms with van der Waals surface area (Å²) in [5, 5.41) is 0. The maximum atomic E-state index is 11.7. The Morgan fingerprint density at radius 1 is 0.625 bits per heavy atom. The quantitative estimate of drug-likeness (QED) is 0.0930. The third-order valence-electron chi connectivity index (χ3n) is 5.77. The molecule has 1 unspecified atom stereocenters. The Hall–Kier alpha value is -1.36. The molecule has 188 valence electrons. The zero-order valence-corrected chi connectivity index (χ0v) is 21.2. The number of ether oxygens (including phenoxy) is 3. The van der Waals surface area contributed by atoms with E-state index in [2.05, 4.69) is 13.8 Å². The van der Waals surface area contributed by atoms with Gasteiger partial charge in [0.05, 0.1) is 13.2 Å². The third kappa shape index (κ3) is 23.3. The number of hydrogen-bond donors (Lipinski definition) is 0. The molecule has 5 heteroatoms. The van der Waals surface area contributed by atoms with Gasteiger partial charge in [0, 0.05) is 25.9 Å². The normalized spacial score (nSPS) is 12.2. The van der Waals surface area contributed by atoms with E-state index in [1.807, 2.05) is 0 Å². The number of rotatable bonds is 23. The van der Waals surface area contributed by atoms with Crippen LogP contribution < -0.4 is 0 Å². The smallest absolute Gasteiger partial charge is 0.331 e. The molecule has 0 spiro atoms. The topological polar surface area (TPSA) is 61.8 Å². The van der Waals surface area contributed by atoms with Crippen LogP contribution in [0, 0.1) is 5.92 Å². The standard InChI is InChI=1S/C27H50O5/c1-4-5-6-7-8-9-10-11-12-13-14-15-16-17-22-31-26(28)18-19-27(29)32-24-21-25(2)20-23-30-3/h18-19,25H,4-17,20-24H2,1-3H3/b19-18+. The van der Waals surface area contributed by atoms with Crippen molar-refractivity contribution in [3.8, 4) is 0 Å². The van der Waals surface area contributed by atoms with E-state index in [-0.39, 0.29) is 0 Å². The number of carbonyl (C=O) groups is 2. The molecule has 0 aromatic carbocycles. The highest BCUT2D eigenvalue weighted by Gasteiger charge is 2.05. The molecule has 5 nitrogen and oxygen atoms in total. The summed E-state index contributed by atoms with van der Waals surface area (Å²) in [7, 11) is 1.68. The van der Waals surface area contributed by atoms with E-state index in [0.29, 0.717) is 25.7 Å². The highest BCUT2D eigenvalue weighted by molar-refractivity contribution is 5.91. The zero-order chi connectivity index (χ0) is 23.7. The molecule has 0 bridgehead atoms. The molecule has 0 amide bonds. The van der Waals surface area contributed by atoms with Crippen molar-refractivity contribution in [3.05, 3.63) is 12.2 Å². The van der Waals surface area contributed by atoms with E-state index < -0.39 is 11.9 Å². The fourth-order valence-corrected chi connectivity index (χ4v) is 3.53. The van der Waals surface area contributed by atoms with Gasteiger partial charge in [-0.3, -0.25) is 0 Å². The van der Waals surface area contributed by atoms with Gasteiger partial charge in [-0.2, -0.15) is 0 Å². The monoisotopic (exact) mass is 454 g/mol. The maximum absolute atomic E-state index is 11.7. The summed E-state index contributed by atoms with van der Waals surface area (Å²) in [4.78, 5) is 23.3. The first-order valence-corrected chi connectivity index (χ1v) is 13.1. The van der Waals surface area contributed by atoms with E-state index in [1.54, 1.807) is 7.11 Å². The molecule has 0 aliphatic rings. The van der Waals surface area contributed by atoms with Crippen LogP contribution in [0.2, 0.25) is 0 Å². The van der Waals surface area contributed by atoms with Crippen molar-refractivity contribution in [1.29, 1.82) is 0 Å². The first kappa shape index (κ1) is 30.6. The predicted octanol–water partition coefficient (Wildman–Crippen LogP) is 7.17. The Bertz CT molecular complexity index is 461. The van der Waals surface area contributed by atoms with Crippen LogP contribution in [0.3, 0.4) is 0 Å². The van der Waals surface area contributed by atoms with E-state index in [4.69, 9.17) is 14.2 Å². The molecule has 0 aliphatic carbocycles. The molecule has 1 atom stereocenters. The molecule has 0 N–H and O–H groups in total. The minimum absolute atomic E-state index is 0.349. The van der Waals surface area contributed by atoms with Crippen LogP contribution in [0.4, 0.5) is 0 Å². The molecule has 0 saturated carbocycles. The van der Waals surface area contributed by atoms with Crippen LogP contribution in [-0.2, 0) is 23.8 Å². The average molecular weight is 455 g/mol. The van der Waals surface area contributed by atoms with E-state index in [0.717, 1.165) is 37.8 Å². The molecule has 32 heavy (non-hydrogen) atoms. The first-order valence-electron chi connectivity index (χ1n) is 13.1. The van der Waals surface area contributed by atoms with Gasteiger partial charge < -0.3 is 14.2 Å². The minimum Gasteiger partial charge on any atom is -0.463 e. The van der Waals surface area contributed by atoms with Crippen LogP contribution >= 0.6 is 0 Å². The van der Waals surface area contributed by atoms with Crippen molar-refractivity contribution in [2.75, 3.05) is 26.9 Å². The Morgan fingerprint density at radius 3 is 1.50 bits per heavy atom. The molecule has 0 aromatic heterocycles. The number of methoxy groups -OCH3 is 1.